The number of fused-ring (bicyclic) bond motifs is 1. The SMILES string of the molecule is O=C(O)CSCCN1CCN(CCSCC(=O)O)CC2=NC3=c4nc(ccc4=C(N=C=S)CC3C=C2)CN(CCSCC(=O)O)CC1. The summed E-state index contributed by atoms with van der Waals surface area (Å²) in [5.74, 6) is -0.330. The number of thioether (sulfide) groups is 3. The van der Waals surface area contributed by atoms with Gasteiger partial charge in [0.1, 0.15) is 0 Å². The fraction of sp³-hybridized carbons (Fsp3) is 0.548. The van der Waals surface area contributed by atoms with Gasteiger partial charge in [-0.05, 0) is 30.4 Å². The number of nitrogens with zero attached hydrogens (tertiary/aromatic N) is 6. The zero-order valence-electron chi connectivity index (χ0n) is 26.1. The van der Waals surface area contributed by atoms with Crippen molar-refractivity contribution in [3.8, 4) is 0 Å². The Morgan fingerprint density at radius 3 is 1.98 bits per heavy atom. The molecule has 3 aliphatic rings. The first-order valence-electron chi connectivity index (χ1n) is 15.3. The molecular formula is C31H40N6O6S4. The van der Waals surface area contributed by atoms with Crippen molar-refractivity contribution in [3.63, 3.8) is 0 Å². The number of aliphatic carboxylic acids is 3. The second-order valence-corrected chi connectivity index (χ2v) is 14.7. The van der Waals surface area contributed by atoms with Gasteiger partial charge in [-0.15, -0.1) is 35.3 Å². The normalized spacial score (nSPS) is 19.1. The van der Waals surface area contributed by atoms with Crippen molar-refractivity contribution < 1.29 is 29.7 Å². The van der Waals surface area contributed by atoms with Gasteiger partial charge in [0.25, 0.3) is 0 Å². The zero-order valence-corrected chi connectivity index (χ0v) is 29.3. The molecule has 0 fully saturated rings. The summed E-state index contributed by atoms with van der Waals surface area (Å²) in [5, 5.41) is 31.6. The molecule has 4 rings (SSSR count). The topological polar surface area (TPSA) is 159 Å². The van der Waals surface area contributed by atoms with Crippen molar-refractivity contribution >= 4 is 87.7 Å². The van der Waals surface area contributed by atoms with Gasteiger partial charge < -0.3 is 15.3 Å². The summed E-state index contributed by atoms with van der Waals surface area (Å²) in [4.78, 5) is 55.0. The van der Waals surface area contributed by atoms with E-state index >= 15 is 0 Å². The summed E-state index contributed by atoms with van der Waals surface area (Å²) in [6.45, 7) is 6.21. The Balaban J connectivity index is 1.68. The maximum Gasteiger partial charge on any atom is 0.313 e. The van der Waals surface area contributed by atoms with E-state index < -0.39 is 17.9 Å². The Labute approximate surface area is 292 Å². The summed E-state index contributed by atoms with van der Waals surface area (Å²) < 4.78 is 0. The molecule has 0 spiro atoms. The summed E-state index contributed by atoms with van der Waals surface area (Å²) in [6, 6.07) is 4.04. The fourth-order valence-corrected chi connectivity index (χ4v) is 7.76. The van der Waals surface area contributed by atoms with E-state index in [1.165, 1.54) is 35.3 Å². The maximum absolute atomic E-state index is 11.1. The minimum absolute atomic E-state index is 0.00803. The Kier molecular flexibility index (Phi) is 15.4. The van der Waals surface area contributed by atoms with Gasteiger partial charge in [-0.3, -0.25) is 34.1 Å². The Bertz CT molecular complexity index is 1530. The molecule has 3 N–H and O–H groups in total. The van der Waals surface area contributed by atoms with Gasteiger partial charge in [0, 0.05) is 93.7 Å². The van der Waals surface area contributed by atoms with Crippen LogP contribution in [0.3, 0.4) is 0 Å². The second kappa shape index (κ2) is 19.4. The van der Waals surface area contributed by atoms with E-state index in [1.807, 2.05) is 12.1 Å². The summed E-state index contributed by atoms with van der Waals surface area (Å²) in [7, 11) is 0. The lowest BCUT2D eigenvalue weighted by Gasteiger charge is -2.30. The molecule has 1 aromatic rings. The quantitative estimate of drug-likeness (QED) is 0.128. The molecule has 3 heterocycles. The van der Waals surface area contributed by atoms with Crippen molar-refractivity contribution in [3.05, 3.63) is 40.5 Å². The number of thiocarbonyl (C=S) groups is 1. The highest BCUT2D eigenvalue weighted by Crippen LogP contribution is 2.28. The number of hydrogen-bond donors (Lipinski definition) is 3. The standard InChI is InChI=1S/C31H40N6O6S4/c38-27(39)18-45-12-9-35-5-7-36(10-13-46-19-28(40)41)16-23-2-1-22-15-26(32-21-44)25-4-3-24(34-31(25)30(22)33-23)17-37(8-6-35)11-14-47-20-29(42)43/h1-4,22H,5-20H2,(H,38,39)(H,40,41)(H,42,43). The predicted octanol–water partition coefficient (Wildman–Crippen LogP) is 1.30. The first kappa shape index (κ1) is 37.3. The molecule has 1 aromatic heterocycles. The van der Waals surface area contributed by atoms with E-state index in [0.717, 1.165) is 66.1 Å². The van der Waals surface area contributed by atoms with E-state index in [-0.39, 0.29) is 23.2 Å². The number of hydrogen-bond acceptors (Lipinski definition) is 13. The molecule has 2 aliphatic heterocycles. The summed E-state index contributed by atoms with van der Waals surface area (Å²) >= 11 is 9.13. The van der Waals surface area contributed by atoms with Crippen LogP contribution in [0.5, 0.6) is 0 Å². The Morgan fingerprint density at radius 2 is 1.40 bits per heavy atom. The third kappa shape index (κ3) is 12.4. The number of pyridine rings is 1. The van der Waals surface area contributed by atoms with Crippen molar-refractivity contribution in [1.29, 1.82) is 0 Å². The highest BCUT2D eigenvalue weighted by atomic mass is 32.2. The largest absolute Gasteiger partial charge is 0.481 e. The molecule has 0 aromatic carbocycles. The van der Waals surface area contributed by atoms with E-state index in [1.54, 1.807) is 0 Å². The number of carboxylic acid groups (broad SMARTS) is 3. The lowest BCUT2D eigenvalue weighted by atomic mass is 9.90. The number of carboxylic acids is 3. The van der Waals surface area contributed by atoms with Crippen LogP contribution >= 0.6 is 47.5 Å². The van der Waals surface area contributed by atoms with E-state index in [9.17, 15) is 14.4 Å². The first-order chi connectivity index (χ1) is 22.7. The van der Waals surface area contributed by atoms with Crippen LogP contribution in [0.4, 0.5) is 0 Å². The Morgan fingerprint density at radius 1 is 0.851 bits per heavy atom. The highest BCUT2D eigenvalue weighted by molar-refractivity contribution is 8.00. The third-order valence-corrected chi connectivity index (χ3v) is 10.7. The van der Waals surface area contributed by atoms with Gasteiger partial charge in [-0.2, -0.15) is 4.99 Å². The smallest absolute Gasteiger partial charge is 0.313 e. The van der Waals surface area contributed by atoms with Gasteiger partial charge in [0.15, 0.2) is 0 Å². The lowest BCUT2D eigenvalue weighted by Crippen LogP contribution is -2.42. The van der Waals surface area contributed by atoms with Crippen LogP contribution in [0.2, 0.25) is 0 Å². The van der Waals surface area contributed by atoms with Crippen LogP contribution < -0.4 is 10.6 Å². The molecule has 254 valence electrons. The molecule has 1 unspecified atom stereocenters. The van der Waals surface area contributed by atoms with Crippen LogP contribution in [0.25, 0.3) is 11.4 Å². The average Bonchev–Trinajstić information content (AvgIpc) is 3.03. The lowest BCUT2D eigenvalue weighted by molar-refractivity contribution is -0.134. The van der Waals surface area contributed by atoms with Gasteiger partial charge in [0.2, 0.25) is 0 Å². The summed E-state index contributed by atoms with van der Waals surface area (Å²) in [6.07, 6.45) is 4.87. The van der Waals surface area contributed by atoms with Crippen LogP contribution in [-0.2, 0) is 20.9 Å². The van der Waals surface area contributed by atoms with Gasteiger partial charge in [-0.25, -0.2) is 4.98 Å². The molecule has 47 heavy (non-hydrogen) atoms. The molecule has 1 atom stereocenters. The number of carbonyl (C=O) groups is 3. The van der Waals surface area contributed by atoms with Crippen molar-refractivity contribution in [1.82, 2.24) is 19.7 Å². The van der Waals surface area contributed by atoms with Crippen molar-refractivity contribution in [2.24, 2.45) is 15.9 Å². The van der Waals surface area contributed by atoms with E-state index in [4.69, 9.17) is 37.5 Å². The van der Waals surface area contributed by atoms with Crippen LogP contribution in [0, 0.1) is 5.92 Å². The molecule has 4 bridgehead atoms. The predicted molar refractivity (Wildman–Crippen MR) is 193 cm³/mol. The number of rotatable bonds is 16. The monoisotopic (exact) mass is 720 g/mol. The number of aromatic nitrogens is 1. The first-order valence-corrected chi connectivity index (χ1v) is 19.2. The molecule has 16 heteroatoms. The number of dihydropyridines is 1. The van der Waals surface area contributed by atoms with Gasteiger partial charge in [0.05, 0.1) is 50.6 Å². The van der Waals surface area contributed by atoms with Crippen LogP contribution in [-0.4, -0.2) is 151 Å². The maximum atomic E-state index is 11.1. The van der Waals surface area contributed by atoms with Crippen LogP contribution in [0.15, 0.2) is 34.3 Å². The molecule has 12 nitrogen and oxygen atoms in total. The minimum Gasteiger partial charge on any atom is -0.481 e. The molecule has 0 saturated carbocycles. The Hall–Kier alpha value is -2.56. The minimum atomic E-state index is -0.835. The van der Waals surface area contributed by atoms with Gasteiger partial charge >= 0.3 is 17.9 Å². The molecular weight excluding hydrogens is 681 g/mol. The van der Waals surface area contributed by atoms with Crippen LogP contribution in [0.1, 0.15) is 12.1 Å². The molecule has 0 amide bonds. The second-order valence-electron chi connectivity index (χ2n) is 11.2. The molecule has 0 saturated heterocycles. The van der Waals surface area contributed by atoms with Crippen molar-refractivity contribution in [2.75, 3.05) is 86.9 Å². The van der Waals surface area contributed by atoms with E-state index in [2.05, 4.69) is 37.0 Å². The third-order valence-electron chi connectivity index (χ3n) is 7.80. The summed E-state index contributed by atoms with van der Waals surface area (Å²) in [5.41, 5.74) is 3.53. The average molecular weight is 721 g/mol. The van der Waals surface area contributed by atoms with Gasteiger partial charge in [-0.1, -0.05) is 6.08 Å². The fourth-order valence-electron chi connectivity index (χ4n) is 5.53. The molecule has 1 aliphatic carbocycles. The number of aliphatic imine (C=N–C) groups is 2. The van der Waals surface area contributed by atoms with Crippen molar-refractivity contribution in [2.45, 2.75) is 13.0 Å². The zero-order chi connectivity index (χ0) is 33.6. The highest BCUT2D eigenvalue weighted by Gasteiger charge is 2.25. The number of isothiocyanates is 1. The molecule has 0 radical (unpaired) electrons. The van der Waals surface area contributed by atoms with E-state index in [0.29, 0.717) is 49.9 Å².